The van der Waals surface area contributed by atoms with Crippen molar-refractivity contribution in [3.63, 3.8) is 0 Å². The Hall–Kier alpha value is -2.44. The van der Waals surface area contributed by atoms with Crippen molar-refractivity contribution in [3.05, 3.63) is 24.2 Å². The molecule has 0 spiro atoms. The fourth-order valence-electron chi connectivity index (χ4n) is 3.21. The van der Waals surface area contributed by atoms with Gasteiger partial charge in [0.15, 0.2) is 5.65 Å². The number of carbonyl (C=O) groups is 2. The highest BCUT2D eigenvalue weighted by Crippen LogP contribution is 2.36. The monoisotopic (exact) mass is 314 g/mol. The van der Waals surface area contributed by atoms with Crippen LogP contribution in [-0.4, -0.2) is 51.0 Å². The lowest BCUT2D eigenvalue weighted by atomic mass is 10.2. The van der Waals surface area contributed by atoms with E-state index < -0.39 is 6.04 Å². The van der Waals surface area contributed by atoms with Gasteiger partial charge in [-0.2, -0.15) is 0 Å². The van der Waals surface area contributed by atoms with Gasteiger partial charge in [0.1, 0.15) is 11.6 Å². The van der Waals surface area contributed by atoms with Crippen LogP contribution in [0, 0.1) is 0 Å². The second-order valence-electron chi connectivity index (χ2n) is 6.13. The number of amides is 1. The Morgan fingerprint density at radius 3 is 2.83 bits per heavy atom. The lowest BCUT2D eigenvalue weighted by molar-refractivity contribution is -0.145. The van der Waals surface area contributed by atoms with Crippen molar-refractivity contribution in [1.82, 2.24) is 19.4 Å². The number of hydrogen-bond donors (Lipinski definition) is 0. The zero-order valence-corrected chi connectivity index (χ0v) is 12.9. The predicted octanol–water partition coefficient (Wildman–Crippen LogP) is 1.54. The Bertz CT molecular complexity index is 781. The van der Waals surface area contributed by atoms with Gasteiger partial charge >= 0.3 is 5.97 Å². The molecule has 0 bridgehead atoms. The van der Waals surface area contributed by atoms with Crippen molar-refractivity contribution in [3.8, 4) is 0 Å². The number of fused-ring (bicyclic) bond motifs is 1. The van der Waals surface area contributed by atoms with Gasteiger partial charge in [-0.15, -0.1) is 0 Å². The molecule has 7 nitrogen and oxygen atoms in total. The molecule has 0 aromatic carbocycles. The number of imidazole rings is 1. The van der Waals surface area contributed by atoms with Crippen LogP contribution in [0.2, 0.25) is 0 Å². The SMILES string of the molecule is COC(=O)[C@H]1CCCN1C(=O)c1cnc2c(c1)ncn2C1CC1. The maximum absolute atomic E-state index is 12.7. The van der Waals surface area contributed by atoms with Crippen LogP contribution < -0.4 is 0 Å². The molecule has 2 aromatic rings. The first kappa shape index (κ1) is 14.2. The van der Waals surface area contributed by atoms with E-state index in [1.807, 2.05) is 0 Å². The van der Waals surface area contributed by atoms with E-state index in [1.54, 1.807) is 23.5 Å². The second-order valence-corrected chi connectivity index (χ2v) is 6.13. The molecule has 1 amide bonds. The van der Waals surface area contributed by atoms with Crippen molar-refractivity contribution < 1.29 is 14.3 Å². The number of nitrogens with zero attached hydrogens (tertiary/aromatic N) is 4. The van der Waals surface area contributed by atoms with E-state index in [9.17, 15) is 9.59 Å². The molecule has 1 saturated heterocycles. The van der Waals surface area contributed by atoms with Crippen LogP contribution in [0.15, 0.2) is 18.6 Å². The third kappa shape index (κ3) is 2.36. The standard InChI is InChI=1S/C16H18N4O3/c1-23-16(22)13-3-2-6-19(13)15(21)10-7-12-14(17-8-10)20(9-18-12)11-4-5-11/h7-9,11,13H,2-6H2,1H3/t13-/m1/s1. The summed E-state index contributed by atoms with van der Waals surface area (Å²) in [6.45, 7) is 0.563. The van der Waals surface area contributed by atoms with E-state index in [0.717, 1.165) is 30.4 Å². The summed E-state index contributed by atoms with van der Waals surface area (Å²) in [4.78, 5) is 34.9. The highest BCUT2D eigenvalue weighted by molar-refractivity contribution is 5.98. The Morgan fingerprint density at radius 2 is 2.09 bits per heavy atom. The molecule has 2 aromatic heterocycles. The van der Waals surface area contributed by atoms with Gasteiger partial charge in [-0.3, -0.25) is 4.79 Å². The summed E-state index contributed by atoms with van der Waals surface area (Å²) >= 11 is 0. The van der Waals surface area contributed by atoms with Crippen LogP contribution in [-0.2, 0) is 9.53 Å². The molecule has 4 rings (SSSR count). The van der Waals surface area contributed by atoms with Gasteiger partial charge in [0.25, 0.3) is 5.91 Å². The summed E-state index contributed by atoms with van der Waals surface area (Å²) in [7, 11) is 1.35. The highest BCUT2D eigenvalue weighted by atomic mass is 16.5. The fraction of sp³-hybridized carbons (Fsp3) is 0.500. The fourth-order valence-corrected chi connectivity index (χ4v) is 3.21. The highest BCUT2D eigenvalue weighted by Gasteiger charge is 2.35. The molecular formula is C16H18N4O3. The predicted molar refractivity (Wildman–Crippen MR) is 81.9 cm³/mol. The third-order valence-electron chi connectivity index (χ3n) is 4.59. The Morgan fingerprint density at radius 1 is 1.26 bits per heavy atom. The van der Waals surface area contributed by atoms with Crippen LogP contribution in [0.3, 0.4) is 0 Å². The molecule has 23 heavy (non-hydrogen) atoms. The van der Waals surface area contributed by atoms with Gasteiger partial charge in [0.05, 0.1) is 19.0 Å². The first-order valence-corrected chi connectivity index (χ1v) is 7.90. The smallest absolute Gasteiger partial charge is 0.328 e. The molecule has 2 aliphatic rings. The summed E-state index contributed by atoms with van der Waals surface area (Å²) in [5.41, 5.74) is 2.00. The molecule has 120 valence electrons. The van der Waals surface area contributed by atoms with Gasteiger partial charge in [-0.1, -0.05) is 0 Å². The topological polar surface area (TPSA) is 77.3 Å². The van der Waals surface area contributed by atoms with Crippen LogP contribution in [0.25, 0.3) is 11.2 Å². The second kappa shape index (κ2) is 5.33. The van der Waals surface area contributed by atoms with Crippen molar-refractivity contribution in [2.45, 2.75) is 37.8 Å². The Kier molecular flexibility index (Phi) is 3.28. The average molecular weight is 314 g/mol. The van der Waals surface area contributed by atoms with Crippen molar-refractivity contribution >= 4 is 23.0 Å². The Balaban J connectivity index is 1.63. The van der Waals surface area contributed by atoms with Crippen LogP contribution >= 0.6 is 0 Å². The minimum absolute atomic E-state index is 0.187. The zero-order chi connectivity index (χ0) is 16.0. The van der Waals surface area contributed by atoms with Crippen molar-refractivity contribution in [2.75, 3.05) is 13.7 Å². The largest absolute Gasteiger partial charge is 0.467 e. The summed E-state index contributed by atoms with van der Waals surface area (Å²) in [6.07, 6.45) is 7.13. The molecule has 0 unspecified atom stereocenters. The molecule has 7 heteroatoms. The van der Waals surface area contributed by atoms with Gasteiger partial charge in [0, 0.05) is 18.8 Å². The number of aromatic nitrogens is 3. The molecule has 0 N–H and O–H groups in total. The van der Waals surface area contributed by atoms with Crippen LogP contribution in [0.5, 0.6) is 0 Å². The maximum Gasteiger partial charge on any atom is 0.328 e. The summed E-state index contributed by atoms with van der Waals surface area (Å²) in [5.74, 6) is -0.545. The quantitative estimate of drug-likeness (QED) is 0.803. The summed E-state index contributed by atoms with van der Waals surface area (Å²) < 4.78 is 6.86. The van der Waals surface area contributed by atoms with Gasteiger partial charge in [-0.05, 0) is 31.7 Å². The van der Waals surface area contributed by atoms with Crippen molar-refractivity contribution in [2.24, 2.45) is 0 Å². The lowest BCUT2D eigenvalue weighted by Crippen LogP contribution is -2.41. The van der Waals surface area contributed by atoms with Crippen LogP contribution in [0.4, 0.5) is 0 Å². The minimum Gasteiger partial charge on any atom is -0.467 e. The van der Waals surface area contributed by atoms with Crippen molar-refractivity contribution in [1.29, 1.82) is 0 Å². The third-order valence-corrected chi connectivity index (χ3v) is 4.59. The number of carbonyl (C=O) groups excluding carboxylic acids is 2. The molecule has 2 fully saturated rings. The number of ether oxygens (including phenoxy) is 1. The number of likely N-dealkylation sites (tertiary alicyclic amines) is 1. The number of methoxy groups -OCH3 is 1. The number of pyridine rings is 1. The normalized spacial score (nSPS) is 20.9. The summed E-state index contributed by atoms with van der Waals surface area (Å²) in [5, 5.41) is 0. The molecule has 3 heterocycles. The summed E-state index contributed by atoms with van der Waals surface area (Å²) in [6, 6.07) is 1.76. The first-order chi connectivity index (χ1) is 11.2. The van der Waals surface area contributed by atoms with E-state index in [2.05, 4.69) is 14.5 Å². The molecule has 1 aliphatic carbocycles. The van der Waals surface area contributed by atoms with E-state index in [1.165, 1.54) is 7.11 Å². The molecule has 1 aliphatic heterocycles. The van der Waals surface area contributed by atoms with Gasteiger partial charge in [-0.25, -0.2) is 14.8 Å². The average Bonchev–Trinajstić information content (AvgIpc) is 3.14. The van der Waals surface area contributed by atoms with Gasteiger partial charge < -0.3 is 14.2 Å². The molecule has 1 saturated carbocycles. The molecule has 1 atom stereocenters. The van der Waals surface area contributed by atoms with E-state index in [0.29, 0.717) is 24.6 Å². The first-order valence-electron chi connectivity index (χ1n) is 7.90. The van der Waals surface area contributed by atoms with Crippen LogP contribution in [0.1, 0.15) is 42.1 Å². The number of rotatable bonds is 3. The van der Waals surface area contributed by atoms with Gasteiger partial charge in [0.2, 0.25) is 0 Å². The van der Waals surface area contributed by atoms with E-state index >= 15 is 0 Å². The number of hydrogen-bond acceptors (Lipinski definition) is 5. The molecule has 0 radical (unpaired) electrons. The lowest BCUT2D eigenvalue weighted by Gasteiger charge is -2.22. The van der Waals surface area contributed by atoms with E-state index in [-0.39, 0.29) is 11.9 Å². The Labute approximate surface area is 133 Å². The van der Waals surface area contributed by atoms with E-state index in [4.69, 9.17) is 4.74 Å². The molecular weight excluding hydrogens is 296 g/mol. The number of esters is 1. The minimum atomic E-state index is -0.493. The maximum atomic E-state index is 12.7. The zero-order valence-electron chi connectivity index (χ0n) is 12.9.